The van der Waals surface area contributed by atoms with E-state index in [2.05, 4.69) is 10.0 Å². The zero-order valence-corrected chi connectivity index (χ0v) is 8.84. The van der Waals surface area contributed by atoms with Gasteiger partial charge >= 0.3 is 0 Å². The molecule has 0 aromatic heterocycles. The fraction of sp³-hybridized carbons (Fsp3) is 0.455. The van der Waals surface area contributed by atoms with Crippen LogP contribution in [-0.4, -0.2) is 6.23 Å². The van der Waals surface area contributed by atoms with Gasteiger partial charge in [0, 0.05) is 4.91 Å². The Morgan fingerprint density at radius 1 is 1.40 bits per heavy atom. The molecule has 0 aliphatic heterocycles. The minimum atomic E-state index is -0.347. The smallest absolute Gasteiger partial charge is 0.137 e. The number of benzene rings is 1. The summed E-state index contributed by atoms with van der Waals surface area (Å²) < 4.78 is 5.49. The van der Waals surface area contributed by atoms with E-state index >= 15 is 0 Å². The molecule has 0 heterocycles. The molecule has 0 spiro atoms. The van der Waals surface area contributed by atoms with Crippen LogP contribution in [0, 0.1) is 0 Å². The van der Waals surface area contributed by atoms with E-state index in [1.807, 2.05) is 37.3 Å². The van der Waals surface area contributed by atoms with Crippen molar-refractivity contribution in [2.75, 3.05) is 0 Å². The predicted octanol–water partition coefficient (Wildman–Crippen LogP) is 3.64. The largest absolute Gasteiger partial charge is 0.368 e. The van der Waals surface area contributed by atoms with Crippen molar-refractivity contribution >= 4 is 0 Å². The molecule has 1 aromatic carbocycles. The van der Waals surface area contributed by atoms with Gasteiger partial charge in [-0.2, -0.15) is 0 Å². The monoisotopic (exact) mass is 205 g/mol. The van der Waals surface area contributed by atoms with Gasteiger partial charge in [0.1, 0.15) is 6.23 Å². The number of hydrogen-bond acceptors (Lipinski definition) is 2. The highest BCUT2D eigenvalue weighted by atomic mass is 16.5. The molecule has 0 saturated heterocycles. The first kappa shape index (κ1) is 11.6. The second kappa shape index (κ2) is 6.87. The average molecular weight is 205 g/mol. The summed E-state index contributed by atoms with van der Waals surface area (Å²) in [6, 6.07) is 9.85. The molecule has 1 rings (SSSR count). The summed E-state index contributed by atoms with van der Waals surface area (Å²) in [5.74, 6) is 0. The molecule has 1 atom stereocenters. The maximum Gasteiger partial charge on any atom is 0.137 e. The fourth-order valence-corrected chi connectivity index (χ4v) is 1.25. The molecule has 1 unspecified atom stereocenters. The van der Waals surface area contributed by atoms with E-state index in [1.165, 1.54) is 0 Å². The third-order valence-corrected chi connectivity index (χ3v) is 2.00. The number of hydrogen-bond donors (Lipinski definition) is 0. The first-order valence-corrected chi connectivity index (χ1v) is 5.06. The van der Waals surface area contributed by atoms with Gasteiger partial charge in [-0.1, -0.05) is 48.8 Å². The number of azide groups is 1. The average Bonchev–Trinajstić information content (AvgIpc) is 2.28. The van der Waals surface area contributed by atoms with Crippen molar-refractivity contribution in [3.63, 3.8) is 0 Å². The zero-order valence-electron chi connectivity index (χ0n) is 8.84. The number of rotatable bonds is 6. The van der Waals surface area contributed by atoms with Crippen molar-refractivity contribution in [3.8, 4) is 0 Å². The number of nitrogens with zero attached hydrogens (tertiary/aromatic N) is 3. The highest BCUT2D eigenvalue weighted by Gasteiger charge is 2.04. The van der Waals surface area contributed by atoms with Gasteiger partial charge in [0.15, 0.2) is 0 Å². The second-order valence-electron chi connectivity index (χ2n) is 3.24. The van der Waals surface area contributed by atoms with Gasteiger partial charge in [-0.05, 0) is 17.5 Å². The summed E-state index contributed by atoms with van der Waals surface area (Å²) in [7, 11) is 0. The third-order valence-electron chi connectivity index (χ3n) is 2.00. The van der Waals surface area contributed by atoms with E-state index in [0.717, 1.165) is 18.4 Å². The summed E-state index contributed by atoms with van der Waals surface area (Å²) in [6.07, 6.45) is 1.36. The van der Waals surface area contributed by atoms with Crippen LogP contribution in [0.2, 0.25) is 0 Å². The van der Waals surface area contributed by atoms with Crippen molar-refractivity contribution < 1.29 is 4.74 Å². The maximum atomic E-state index is 8.34. The molecule has 4 heteroatoms. The van der Waals surface area contributed by atoms with Gasteiger partial charge in [0.2, 0.25) is 0 Å². The SMILES string of the molecule is CCCC(N=[N+]=[N-])OCc1ccccc1. The van der Waals surface area contributed by atoms with Crippen LogP contribution in [0.5, 0.6) is 0 Å². The Hall–Kier alpha value is -1.51. The van der Waals surface area contributed by atoms with Crippen molar-refractivity contribution in [3.05, 3.63) is 46.3 Å². The lowest BCUT2D eigenvalue weighted by Crippen LogP contribution is -2.08. The van der Waals surface area contributed by atoms with Gasteiger partial charge in [0.25, 0.3) is 0 Å². The van der Waals surface area contributed by atoms with Crippen LogP contribution in [0.15, 0.2) is 35.4 Å². The van der Waals surface area contributed by atoms with Crippen LogP contribution in [0.25, 0.3) is 10.4 Å². The normalized spacial score (nSPS) is 11.8. The van der Waals surface area contributed by atoms with E-state index < -0.39 is 0 Å². The molecule has 4 nitrogen and oxygen atoms in total. The maximum absolute atomic E-state index is 8.34. The molecular weight excluding hydrogens is 190 g/mol. The van der Waals surface area contributed by atoms with Crippen molar-refractivity contribution in [2.24, 2.45) is 5.11 Å². The molecule has 80 valence electrons. The highest BCUT2D eigenvalue weighted by Crippen LogP contribution is 2.08. The molecule has 0 aliphatic carbocycles. The Morgan fingerprint density at radius 3 is 2.73 bits per heavy atom. The lowest BCUT2D eigenvalue weighted by Gasteiger charge is -2.11. The molecule has 15 heavy (non-hydrogen) atoms. The molecule has 0 aliphatic rings. The summed E-state index contributed by atoms with van der Waals surface area (Å²) in [4.78, 5) is 2.77. The molecule has 0 N–H and O–H groups in total. The lowest BCUT2D eigenvalue weighted by molar-refractivity contribution is 0.0393. The van der Waals surface area contributed by atoms with Crippen molar-refractivity contribution in [2.45, 2.75) is 32.6 Å². The standard InChI is InChI=1S/C11H15N3O/c1-2-6-11(13-14-12)15-9-10-7-4-3-5-8-10/h3-5,7-8,11H,2,6,9H2,1H3. The first-order valence-electron chi connectivity index (χ1n) is 5.06. The second-order valence-corrected chi connectivity index (χ2v) is 3.24. The van der Waals surface area contributed by atoms with Crippen LogP contribution in [-0.2, 0) is 11.3 Å². The lowest BCUT2D eigenvalue weighted by atomic mass is 10.2. The van der Waals surface area contributed by atoms with Crippen LogP contribution in [0.3, 0.4) is 0 Å². The molecule has 0 amide bonds. The van der Waals surface area contributed by atoms with Gasteiger partial charge in [-0.3, -0.25) is 0 Å². The minimum Gasteiger partial charge on any atom is -0.368 e. The van der Waals surface area contributed by atoms with Crippen LogP contribution < -0.4 is 0 Å². The summed E-state index contributed by atoms with van der Waals surface area (Å²) in [6.45, 7) is 2.52. The highest BCUT2D eigenvalue weighted by molar-refractivity contribution is 5.13. The topological polar surface area (TPSA) is 58.0 Å². The van der Waals surface area contributed by atoms with Crippen molar-refractivity contribution in [1.29, 1.82) is 0 Å². The molecule has 0 saturated carbocycles. The van der Waals surface area contributed by atoms with Gasteiger partial charge in [-0.15, -0.1) is 0 Å². The molecule has 0 fully saturated rings. The summed E-state index contributed by atoms with van der Waals surface area (Å²) in [5.41, 5.74) is 9.43. The van der Waals surface area contributed by atoms with Crippen LogP contribution in [0.1, 0.15) is 25.3 Å². The Labute approximate surface area is 89.5 Å². The van der Waals surface area contributed by atoms with Gasteiger partial charge in [0.05, 0.1) is 6.61 Å². The van der Waals surface area contributed by atoms with Crippen LogP contribution in [0.4, 0.5) is 0 Å². The van der Waals surface area contributed by atoms with E-state index in [9.17, 15) is 0 Å². The Bertz CT molecular complexity index is 320. The molecule has 0 bridgehead atoms. The van der Waals surface area contributed by atoms with E-state index in [4.69, 9.17) is 10.3 Å². The quantitative estimate of drug-likeness (QED) is 0.397. The van der Waals surface area contributed by atoms with Gasteiger partial charge < -0.3 is 4.74 Å². The Morgan fingerprint density at radius 2 is 2.13 bits per heavy atom. The van der Waals surface area contributed by atoms with Crippen molar-refractivity contribution in [1.82, 2.24) is 0 Å². The Balaban J connectivity index is 2.43. The van der Waals surface area contributed by atoms with E-state index in [0.29, 0.717) is 6.61 Å². The molecular formula is C11H15N3O. The Kier molecular flexibility index (Phi) is 5.30. The third kappa shape index (κ3) is 4.49. The summed E-state index contributed by atoms with van der Waals surface area (Å²) >= 11 is 0. The molecule has 1 aromatic rings. The van der Waals surface area contributed by atoms with E-state index in [1.54, 1.807) is 0 Å². The minimum absolute atomic E-state index is 0.347. The predicted molar refractivity (Wildman–Crippen MR) is 59.1 cm³/mol. The number of ether oxygens (including phenoxy) is 1. The molecule has 0 radical (unpaired) electrons. The zero-order chi connectivity index (χ0) is 10.9. The summed E-state index contributed by atoms with van der Waals surface area (Å²) in [5, 5.41) is 3.59. The fourth-order valence-electron chi connectivity index (χ4n) is 1.25. The van der Waals surface area contributed by atoms with E-state index in [-0.39, 0.29) is 6.23 Å². The van der Waals surface area contributed by atoms with Gasteiger partial charge in [-0.25, -0.2) is 0 Å². The first-order chi connectivity index (χ1) is 7.36. The van der Waals surface area contributed by atoms with Crippen LogP contribution >= 0.6 is 0 Å².